The molecular formula is C17H30N2O3. The van der Waals surface area contributed by atoms with Gasteiger partial charge in [0.1, 0.15) is 17.1 Å². The minimum absolute atomic E-state index is 0.0330. The molecule has 1 aromatic heterocycles. The van der Waals surface area contributed by atoms with Crippen LogP contribution in [0.2, 0.25) is 0 Å². The van der Waals surface area contributed by atoms with Gasteiger partial charge in [-0.3, -0.25) is 0 Å². The molecule has 0 aliphatic carbocycles. The smallest absolute Gasteiger partial charge is 0.407 e. The van der Waals surface area contributed by atoms with Crippen molar-refractivity contribution in [2.24, 2.45) is 0 Å². The third-order valence-corrected chi connectivity index (χ3v) is 3.43. The Bertz CT molecular complexity index is 489. The molecular weight excluding hydrogens is 280 g/mol. The van der Waals surface area contributed by atoms with Crippen molar-refractivity contribution in [1.82, 2.24) is 10.6 Å². The summed E-state index contributed by atoms with van der Waals surface area (Å²) in [5.74, 6) is 1.85. The molecule has 0 radical (unpaired) electrons. The maximum Gasteiger partial charge on any atom is 0.407 e. The highest BCUT2D eigenvalue weighted by molar-refractivity contribution is 5.68. The van der Waals surface area contributed by atoms with Crippen molar-refractivity contribution in [1.29, 1.82) is 0 Å². The summed E-state index contributed by atoms with van der Waals surface area (Å²) < 4.78 is 10.8. The second kappa shape index (κ2) is 7.68. The van der Waals surface area contributed by atoms with Crippen molar-refractivity contribution in [2.45, 2.75) is 72.6 Å². The Morgan fingerprint density at radius 2 is 2.00 bits per heavy atom. The summed E-state index contributed by atoms with van der Waals surface area (Å²) in [6, 6.07) is 2.26. The quantitative estimate of drug-likeness (QED) is 0.837. The van der Waals surface area contributed by atoms with Gasteiger partial charge < -0.3 is 19.8 Å². The average Bonchev–Trinajstić information content (AvgIpc) is 2.71. The Hall–Kier alpha value is -1.49. The summed E-state index contributed by atoms with van der Waals surface area (Å²) >= 11 is 0. The Kier molecular flexibility index (Phi) is 6.48. The number of ether oxygens (including phenoxy) is 1. The van der Waals surface area contributed by atoms with E-state index >= 15 is 0 Å². The first-order chi connectivity index (χ1) is 10.1. The van der Waals surface area contributed by atoms with Crippen LogP contribution >= 0.6 is 0 Å². The van der Waals surface area contributed by atoms with Gasteiger partial charge in [0.05, 0.1) is 0 Å². The first-order valence-electron chi connectivity index (χ1n) is 7.92. The van der Waals surface area contributed by atoms with E-state index in [2.05, 4.69) is 23.6 Å². The van der Waals surface area contributed by atoms with E-state index in [1.165, 1.54) is 0 Å². The molecule has 2 atom stereocenters. The minimum atomic E-state index is -0.478. The molecule has 2 unspecified atom stereocenters. The van der Waals surface area contributed by atoms with Crippen molar-refractivity contribution < 1.29 is 13.9 Å². The molecule has 1 rings (SSSR count). The summed E-state index contributed by atoms with van der Waals surface area (Å²) in [6.45, 7) is 14.3. The first-order valence-corrected chi connectivity index (χ1v) is 7.92. The fourth-order valence-corrected chi connectivity index (χ4v) is 2.28. The molecule has 0 saturated heterocycles. The lowest BCUT2D eigenvalue weighted by atomic mass is 10.1. The van der Waals surface area contributed by atoms with Crippen molar-refractivity contribution in [2.75, 3.05) is 6.54 Å². The standard InChI is InChI=1S/C17H30N2O3/c1-8-14(19-16(20)22-17(5,6)7)10-18-12(3)15-9-11(2)21-13(15)4/h9,12,14,18H,8,10H2,1-7H3,(H,19,20). The van der Waals surface area contributed by atoms with Gasteiger partial charge in [-0.2, -0.15) is 0 Å². The number of amides is 1. The third kappa shape index (κ3) is 6.10. The highest BCUT2D eigenvalue weighted by atomic mass is 16.6. The number of aryl methyl sites for hydroxylation is 2. The number of hydrogen-bond acceptors (Lipinski definition) is 4. The Labute approximate surface area is 133 Å². The number of rotatable bonds is 6. The number of carbonyl (C=O) groups excluding carboxylic acids is 1. The van der Waals surface area contributed by atoms with E-state index in [-0.39, 0.29) is 18.2 Å². The van der Waals surface area contributed by atoms with E-state index in [9.17, 15) is 4.79 Å². The molecule has 1 heterocycles. The summed E-state index contributed by atoms with van der Waals surface area (Å²) in [5, 5.41) is 6.34. The summed E-state index contributed by atoms with van der Waals surface area (Å²) in [5.41, 5.74) is 0.679. The fraction of sp³-hybridized carbons (Fsp3) is 0.706. The topological polar surface area (TPSA) is 63.5 Å². The molecule has 5 nitrogen and oxygen atoms in total. The lowest BCUT2D eigenvalue weighted by Gasteiger charge is -2.24. The molecule has 0 aromatic carbocycles. The molecule has 5 heteroatoms. The average molecular weight is 310 g/mol. The number of nitrogens with one attached hydrogen (secondary N) is 2. The molecule has 0 spiro atoms. The number of furan rings is 1. The highest BCUT2D eigenvalue weighted by Crippen LogP contribution is 2.21. The fourth-order valence-electron chi connectivity index (χ4n) is 2.28. The molecule has 1 aromatic rings. The predicted molar refractivity (Wildman–Crippen MR) is 88.0 cm³/mol. The summed E-state index contributed by atoms with van der Waals surface area (Å²) in [4.78, 5) is 11.8. The molecule has 0 saturated carbocycles. The van der Waals surface area contributed by atoms with E-state index in [0.29, 0.717) is 6.54 Å². The van der Waals surface area contributed by atoms with E-state index in [0.717, 1.165) is 23.5 Å². The molecule has 0 aliphatic heterocycles. The van der Waals surface area contributed by atoms with Crippen molar-refractivity contribution in [3.05, 3.63) is 23.2 Å². The van der Waals surface area contributed by atoms with Gasteiger partial charge in [-0.15, -0.1) is 0 Å². The zero-order valence-electron chi connectivity index (χ0n) is 14.9. The van der Waals surface area contributed by atoms with Crippen LogP contribution in [-0.4, -0.2) is 24.3 Å². The lowest BCUT2D eigenvalue weighted by molar-refractivity contribution is 0.0502. The second-order valence-corrected chi connectivity index (χ2v) is 6.75. The monoisotopic (exact) mass is 310 g/mol. The van der Waals surface area contributed by atoms with E-state index in [4.69, 9.17) is 9.15 Å². The number of alkyl carbamates (subject to hydrolysis) is 1. The zero-order valence-corrected chi connectivity index (χ0v) is 14.9. The normalized spacial score (nSPS) is 14.5. The van der Waals surface area contributed by atoms with Gasteiger partial charge in [-0.25, -0.2) is 4.79 Å². The molecule has 126 valence electrons. The van der Waals surface area contributed by atoms with E-state index < -0.39 is 5.60 Å². The molecule has 22 heavy (non-hydrogen) atoms. The highest BCUT2D eigenvalue weighted by Gasteiger charge is 2.19. The maximum atomic E-state index is 11.8. The van der Waals surface area contributed by atoms with Gasteiger partial charge >= 0.3 is 6.09 Å². The van der Waals surface area contributed by atoms with Gasteiger partial charge in [0.2, 0.25) is 0 Å². The van der Waals surface area contributed by atoms with E-state index in [1.807, 2.05) is 41.5 Å². The molecule has 2 N–H and O–H groups in total. The van der Waals surface area contributed by atoms with Crippen LogP contribution in [0.15, 0.2) is 10.5 Å². The van der Waals surface area contributed by atoms with Crippen LogP contribution in [0.3, 0.4) is 0 Å². The molecule has 0 fully saturated rings. The lowest BCUT2D eigenvalue weighted by Crippen LogP contribution is -2.44. The predicted octanol–water partition coefficient (Wildman–Crippen LogP) is 3.85. The first kappa shape index (κ1) is 18.6. The number of carbonyl (C=O) groups is 1. The van der Waals surface area contributed by atoms with Crippen LogP contribution in [0.5, 0.6) is 0 Å². The maximum absolute atomic E-state index is 11.8. The Morgan fingerprint density at radius 3 is 2.45 bits per heavy atom. The molecule has 0 bridgehead atoms. The van der Waals surface area contributed by atoms with Crippen molar-refractivity contribution >= 4 is 6.09 Å². The van der Waals surface area contributed by atoms with Crippen molar-refractivity contribution in [3.63, 3.8) is 0 Å². The molecule has 0 aliphatic rings. The van der Waals surface area contributed by atoms with Crippen LogP contribution in [-0.2, 0) is 4.74 Å². The van der Waals surface area contributed by atoms with Crippen molar-refractivity contribution in [3.8, 4) is 0 Å². The number of hydrogen-bond donors (Lipinski definition) is 2. The van der Waals surface area contributed by atoms with Crippen LogP contribution < -0.4 is 10.6 Å². The summed E-state index contributed by atoms with van der Waals surface area (Å²) in [7, 11) is 0. The van der Waals surface area contributed by atoms with Gasteiger partial charge in [0.15, 0.2) is 0 Å². The second-order valence-electron chi connectivity index (χ2n) is 6.75. The minimum Gasteiger partial charge on any atom is -0.466 e. The SMILES string of the molecule is CCC(CNC(C)c1cc(C)oc1C)NC(=O)OC(C)(C)C. The van der Waals surface area contributed by atoms with Crippen LogP contribution in [0, 0.1) is 13.8 Å². The Morgan fingerprint density at radius 1 is 1.36 bits per heavy atom. The Balaban J connectivity index is 2.50. The van der Waals surface area contributed by atoms with E-state index in [1.54, 1.807) is 0 Å². The van der Waals surface area contributed by atoms with Crippen LogP contribution in [0.1, 0.15) is 64.2 Å². The zero-order chi connectivity index (χ0) is 16.9. The molecule has 1 amide bonds. The van der Waals surface area contributed by atoms with Crippen LogP contribution in [0.4, 0.5) is 4.79 Å². The largest absolute Gasteiger partial charge is 0.466 e. The van der Waals surface area contributed by atoms with Gasteiger partial charge in [0.25, 0.3) is 0 Å². The van der Waals surface area contributed by atoms with Gasteiger partial charge in [0, 0.05) is 24.2 Å². The third-order valence-electron chi connectivity index (χ3n) is 3.43. The van der Waals surface area contributed by atoms with Gasteiger partial charge in [-0.1, -0.05) is 6.92 Å². The van der Waals surface area contributed by atoms with Crippen LogP contribution in [0.25, 0.3) is 0 Å². The summed E-state index contributed by atoms with van der Waals surface area (Å²) in [6.07, 6.45) is 0.465. The van der Waals surface area contributed by atoms with Gasteiger partial charge in [-0.05, 0) is 54.0 Å².